The molecule has 0 spiro atoms. The van der Waals surface area contributed by atoms with E-state index in [0.29, 0.717) is 18.9 Å². The van der Waals surface area contributed by atoms with Gasteiger partial charge in [0.1, 0.15) is 0 Å². The second-order valence-corrected chi connectivity index (χ2v) is 6.28. The third kappa shape index (κ3) is 4.54. The van der Waals surface area contributed by atoms with Crippen molar-refractivity contribution in [2.45, 2.75) is 45.4 Å². The Kier molecular flexibility index (Phi) is 5.41. The topological polar surface area (TPSA) is 68.0 Å². The summed E-state index contributed by atoms with van der Waals surface area (Å²) in [7, 11) is 0. The maximum absolute atomic E-state index is 12.1. The fourth-order valence-electron chi connectivity index (χ4n) is 2.84. The third-order valence-corrected chi connectivity index (χ3v) is 4.25. The number of nitrogens with zero attached hydrogens (tertiary/aromatic N) is 2. The lowest BCUT2D eigenvalue weighted by atomic mass is 9.97. The number of aryl methyl sites for hydroxylation is 1. The van der Waals surface area contributed by atoms with Gasteiger partial charge in [-0.2, -0.15) is 0 Å². The molecule has 0 unspecified atom stereocenters. The van der Waals surface area contributed by atoms with Crippen molar-refractivity contribution in [3.63, 3.8) is 0 Å². The number of rotatable bonds is 6. The first-order chi connectivity index (χ1) is 11.7. The molecule has 1 N–H and O–H groups in total. The lowest BCUT2D eigenvalue weighted by molar-refractivity contribution is 0.0917. The molecule has 0 saturated carbocycles. The van der Waals surface area contributed by atoms with Crippen LogP contribution in [0.3, 0.4) is 0 Å². The minimum Gasteiger partial charge on any atom is -0.417 e. The number of nitrogens with one attached hydrogen (secondary N) is 1. The van der Waals surface area contributed by atoms with Crippen LogP contribution in [-0.4, -0.2) is 22.6 Å². The minimum absolute atomic E-state index is 0.0368. The van der Waals surface area contributed by atoms with Crippen molar-refractivity contribution >= 4 is 5.91 Å². The molecule has 0 fully saturated rings. The van der Waals surface area contributed by atoms with E-state index in [4.69, 9.17) is 4.42 Å². The number of aromatic nitrogens is 2. The van der Waals surface area contributed by atoms with Gasteiger partial charge in [0.15, 0.2) is 0 Å². The zero-order valence-corrected chi connectivity index (χ0v) is 14.0. The minimum atomic E-state index is -0.297. The maximum atomic E-state index is 12.1. The van der Waals surface area contributed by atoms with Crippen LogP contribution in [0.25, 0.3) is 0 Å². The summed E-state index contributed by atoms with van der Waals surface area (Å²) >= 11 is 0. The molecule has 3 rings (SSSR count). The Morgan fingerprint density at radius 3 is 2.79 bits per heavy atom. The van der Waals surface area contributed by atoms with Gasteiger partial charge < -0.3 is 9.73 Å². The highest BCUT2D eigenvalue weighted by atomic mass is 16.4. The summed E-state index contributed by atoms with van der Waals surface area (Å²) in [5.74, 6) is 0.197. The summed E-state index contributed by atoms with van der Waals surface area (Å²) in [6.45, 7) is 2.66. The molecule has 24 heavy (non-hydrogen) atoms. The van der Waals surface area contributed by atoms with Gasteiger partial charge in [0.25, 0.3) is 0 Å². The molecule has 0 atom stereocenters. The van der Waals surface area contributed by atoms with Crippen LogP contribution in [0.15, 0.2) is 40.3 Å². The van der Waals surface area contributed by atoms with Crippen molar-refractivity contribution in [3.05, 3.63) is 58.8 Å². The summed E-state index contributed by atoms with van der Waals surface area (Å²) < 4.78 is 5.47. The van der Waals surface area contributed by atoms with Gasteiger partial charge in [0.2, 0.25) is 5.89 Å². The van der Waals surface area contributed by atoms with Gasteiger partial charge in [0.05, 0.1) is 6.42 Å². The zero-order chi connectivity index (χ0) is 16.8. The lowest BCUT2D eigenvalue weighted by Crippen LogP contribution is -2.25. The summed E-state index contributed by atoms with van der Waals surface area (Å²) in [5, 5.41) is 10.7. The number of amides is 1. The van der Waals surface area contributed by atoms with Crippen molar-refractivity contribution in [2.24, 2.45) is 0 Å². The molecule has 1 heterocycles. The molecule has 1 aliphatic carbocycles. The van der Waals surface area contributed by atoms with E-state index in [1.54, 1.807) is 0 Å². The predicted octanol–water partition coefficient (Wildman–Crippen LogP) is 3.59. The van der Waals surface area contributed by atoms with Gasteiger partial charge in [-0.25, -0.2) is 0 Å². The number of carbonyl (C=O) groups excluding carboxylic acids is 1. The number of allylic oxidation sites excluding steroid dienone is 1. The molecule has 5 nitrogen and oxygen atoms in total. The van der Waals surface area contributed by atoms with Crippen LogP contribution in [-0.2, 0) is 6.42 Å². The van der Waals surface area contributed by atoms with E-state index in [0.717, 1.165) is 24.8 Å². The first kappa shape index (κ1) is 16.4. The Balaban J connectivity index is 1.49. The summed E-state index contributed by atoms with van der Waals surface area (Å²) in [4.78, 5) is 12.1. The van der Waals surface area contributed by atoms with Crippen molar-refractivity contribution in [1.29, 1.82) is 0 Å². The van der Waals surface area contributed by atoms with Gasteiger partial charge in [-0.1, -0.05) is 41.5 Å². The number of hydrogen-bond acceptors (Lipinski definition) is 4. The summed E-state index contributed by atoms with van der Waals surface area (Å²) in [6.07, 6.45) is 8.57. The number of carbonyl (C=O) groups is 1. The van der Waals surface area contributed by atoms with Gasteiger partial charge in [0, 0.05) is 6.54 Å². The quantitative estimate of drug-likeness (QED) is 0.824. The first-order valence-corrected chi connectivity index (χ1v) is 8.55. The van der Waals surface area contributed by atoms with Crippen LogP contribution in [0, 0.1) is 6.92 Å². The van der Waals surface area contributed by atoms with Crippen molar-refractivity contribution < 1.29 is 9.21 Å². The number of benzene rings is 1. The Bertz CT molecular complexity index is 716. The molecule has 0 saturated heterocycles. The molecule has 0 bridgehead atoms. The van der Waals surface area contributed by atoms with E-state index in [1.165, 1.54) is 24.0 Å². The highest BCUT2D eigenvalue weighted by Crippen LogP contribution is 2.19. The summed E-state index contributed by atoms with van der Waals surface area (Å²) in [5.41, 5.74) is 3.73. The first-order valence-electron chi connectivity index (χ1n) is 8.55. The van der Waals surface area contributed by atoms with Gasteiger partial charge in [-0.3, -0.25) is 4.79 Å². The molecule has 0 radical (unpaired) electrons. The zero-order valence-electron chi connectivity index (χ0n) is 14.0. The van der Waals surface area contributed by atoms with Crippen LogP contribution < -0.4 is 5.32 Å². The fourth-order valence-corrected chi connectivity index (χ4v) is 2.84. The van der Waals surface area contributed by atoms with Crippen LogP contribution >= 0.6 is 0 Å². The second-order valence-electron chi connectivity index (χ2n) is 6.28. The van der Waals surface area contributed by atoms with Crippen molar-refractivity contribution in [2.75, 3.05) is 6.54 Å². The van der Waals surface area contributed by atoms with E-state index in [1.807, 2.05) is 31.2 Å². The van der Waals surface area contributed by atoms with Gasteiger partial charge >= 0.3 is 11.8 Å². The Hall–Kier alpha value is -2.43. The molecular formula is C19H23N3O2. The Morgan fingerprint density at radius 2 is 2.04 bits per heavy atom. The SMILES string of the molecule is Cc1ccc(Cc2nnc(C(=O)NCCC3=CCCCC3)o2)cc1. The normalized spacial score (nSPS) is 14.3. The monoisotopic (exact) mass is 325 g/mol. The number of hydrogen-bond donors (Lipinski definition) is 1. The van der Waals surface area contributed by atoms with Crippen LogP contribution in [0.5, 0.6) is 0 Å². The molecule has 1 aromatic heterocycles. The highest BCUT2D eigenvalue weighted by molar-refractivity contribution is 5.89. The average molecular weight is 325 g/mol. The van der Waals surface area contributed by atoms with E-state index < -0.39 is 0 Å². The lowest BCUT2D eigenvalue weighted by Gasteiger charge is -2.12. The maximum Gasteiger partial charge on any atom is 0.308 e. The van der Waals surface area contributed by atoms with Crippen LogP contribution in [0.1, 0.15) is 59.8 Å². The molecule has 5 heteroatoms. The Morgan fingerprint density at radius 1 is 1.21 bits per heavy atom. The molecule has 1 amide bonds. The van der Waals surface area contributed by atoms with E-state index in [2.05, 4.69) is 21.6 Å². The highest BCUT2D eigenvalue weighted by Gasteiger charge is 2.15. The van der Waals surface area contributed by atoms with Gasteiger partial charge in [-0.05, 0) is 44.6 Å². The van der Waals surface area contributed by atoms with E-state index in [9.17, 15) is 4.79 Å². The summed E-state index contributed by atoms with van der Waals surface area (Å²) in [6, 6.07) is 8.13. The molecule has 2 aromatic rings. The fraction of sp³-hybridized carbons (Fsp3) is 0.421. The van der Waals surface area contributed by atoms with Crippen LogP contribution in [0.2, 0.25) is 0 Å². The van der Waals surface area contributed by atoms with Crippen molar-refractivity contribution in [1.82, 2.24) is 15.5 Å². The standard InChI is InChI=1S/C19H23N3O2/c1-14-7-9-16(10-8-14)13-17-21-22-19(24-17)18(23)20-12-11-15-5-3-2-4-6-15/h5,7-10H,2-4,6,11-13H2,1H3,(H,20,23). The largest absolute Gasteiger partial charge is 0.417 e. The average Bonchev–Trinajstić information content (AvgIpc) is 3.06. The van der Waals surface area contributed by atoms with Gasteiger partial charge in [-0.15, -0.1) is 10.2 Å². The molecule has 1 aromatic carbocycles. The molecule has 126 valence electrons. The molecule has 0 aliphatic heterocycles. The van der Waals surface area contributed by atoms with Crippen LogP contribution in [0.4, 0.5) is 0 Å². The second kappa shape index (κ2) is 7.90. The van der Waals surface area contributed by atoms with E-state index in [-0.39, 0.29) is 11.8 Å². The smallest absolute Gasteiger partial charge is 0.308 e. The molecule has 1 aliphatic rings. The van der Waals surface area contributed by atoms with E-state index >= 15 is 0 Å². The third-order valence-electron chi connectivity index (χ3n) is 4.25. The van der Waals surface area contributed by atoms with Crippen molar-refractivity contribution in [3.8, 4) is 0 Å². The molecular weight excluding hydrogens is 302 g/mol. The predicted molar refractivity (Wildman–Crippen MR) is 91.8 cm³/mol. The Labute approximate surface area is 142 Å².